The monoisotopic (exact) mass is 330 g/mol. The molecule has 0 aromatic carbocycles. The molecule has 126 valence electrons. The maximum Gasteiger partial charge on any atom is 0.252 e. The van der Waals surface area contributed by atoms with Crippen LogP contribution in [0.25, 0.3) is 0 Å². The zero-order valence-corrected chi connectivity index (χ0v) is 13.1. The van der Waals surface area contributed by atoms with Gasteiger partial charge in [-0.15, -0.1) is 0 Å². The molecule has 3 heterocycles. The number of amides is 1. The van der Waals surface area contributed by atoms with Crippen LogP contribution in [0.2, 0.25) is 0 Å². The van der Waals surface area contributed by atoms with Gasteiger partial charge in [-0.3, -0.25) is 9.59 Å². The molecule has 24 heavy (non-hydrogen) atoms. The van der Waals surface area contributed by atoms with Crippen molar-refractivity contribution in [2.24, 2.45) is 0 Å². The van der Waals surface area contributed by atoms with Crippen molar-refractivity contribution >= 4 is 5.91 Å². The molecule has 2 aromatic rings. The molecular weight excluding hydrogens is 312 g/mol. The molecule has 0 bridgehead atoms. The molecule has 2 fully saturated rings. The minimum Gasteiger partial charge on any atom is -0.381 e. The number of hydrogen-bond acceptors (Lipinski definition) is 6. The third kappa shape index (κ3) is 2.84. The van der Waals surface area contributed by atoms with E-state index in [9.17, 15) is 9.59 Å². The molecular formula is C16H18N4O4. The number of nitrogens with one attached hydrogen (secondary N) is 2. The highest BCUT2D eigenvalue weighted by Crippen LogP contribution is 2.38. The molecule has 4 rings (SSSR count). The normalized spacial score (nSPS) is 19.8. The number of rotatable bonds is 4. The Balaban J connectivity index is 1.63. The molecule has 1 aliphatic carbocycles. The van der Waals surface area contributed by atoms with Gasteiger partial charge in [-0.2, -0.15) is 4.98 Å². The third-order valence-electron chi connectivity index (χ3n) is 4.63. The van der Waals surface area contributed by atoms with Crippen LogP contribution in [0.3, 0.4) is 0 Å². The lowest BCUT2D eigenvalue weighted by Crippen LogP contribution is -2.50. The van der Waals surface area contributed by atoms with Crippen molar-refractivity contribution in [2.75, 3.05) is 13.2 Å². The van der Waals surface area contributed by atoms with Crippen LogP contribution < -0.4 is 10.9 Å². The second-order valence-electron chi connectivity index (χ2n) is 6.37. The first kappa shape index (κ1) is 15.1. The van der Waals surface area contributed by atoms with Crippen LogP contribution in [-0.4, -0.2) is 34.2 Å². The highest BCUT2D eigenvalue weighted by Gasteiger charge is 2.40. The molecule has 1 aliphatic heterocycles. The minimum absolute atomic E-state index is 0.259. The van der Waals surface area contributed by atoms with E-state index in [1.165, 1.54) is 12.5 Å². The second kappa shape index (κ2) is 5.86. The van der Waals surface area contributed by atoms with E-state index in [2.05, 4.69) is 20.4 Å². The second-order valence-corrected chi connectivity index (χ2v) is 6.37. The van der Waals surface area contributed by atoms with Crippen molar-refractivity contribution in [1.29, 1.82) is 0 Å². The fourth-order valence-corrected chi connectivity index (χ4v) is 3.11. The first-order chi connectivity index (χ1) is 11.7. The van der Waals surface area contributed by atoms with Crippen molar-refractivity contribution < 1.29 is 14.1 Å². The lowest BCUT2D eigenvalue weighted by atomic mass is 9.88. The summed E-state index contributed by atoms with van der Waals surface area (Å²) in [5.41, 5.74) is 0.193. The summed E-state index contributed by atoms with van der Waals surface area (Å²) in [4.78, 5) is 31.5. The Labute approximate surface area is 137 Å². The highest BCUT2D eigenvalue weighted by atomic mass is 16.5. The van der Waals surface area contributed by atoms with E-state index >= 15 is 0 Å². The molecule has 0 atom stereocenters. The zero-order chi connectivity index (χ0) is 16.6. The lowest BCUT2D eigenvalue weighted by molar-refractivity contribution is 0.0306. The fourth-order valence-electron chi connectivity index (χ4n) is 3.11. The molecule has 8 nitrogen and oxygen atoms in total. The van der Waals surface area contributed by atoms with Crippen molar-refractivity contribution in [3.63, 3.8) is 0 Å². The van der Waals surface area contributed by atoms with E-state index in [-0.39, 0.29) is 11.5 Å². The summed E-state index contributed by atoms with van der Waals surface area (Å²) in [6.45, 7) is 0.995. The number of pyridine rings is 1. The Morgan fingerprint density at radius 3 is 2.75 bits per heavy atom. The van der Waals surface area contributed by atoms with Crippen LogP contribution in [0, 0.1) is 0 Å². The predicted octanol–water partition coefficient (Wildman–Crippen LogP) is 1.07. The number of aromatic amines is 1. The fraction of sp³-hybridized carbons (Fsp3) is 0.500. The van der Waals surface area contributed by atoms with Crippen LogP contribution in [0.15, 0.2) is 27.8 Å². The van der Waals surface area contributed by atoms with Gasteiger partial charge in [-0.25, -0.2) is 0 Å². The van der Waals surface area contributed by atoms with E-state index < -0.39 is 5.54 Å². The molecule has 0 spiro atoms. The predicted molar refractivity (Wildman–Crippen MR) is 82.5 cm³/mol. The van der Waals surface area contributed by atoms with Crippen molar-refractivity contribution in [3.05, 3.63) is 46.0 Å². The van der Waals surface area contributed by atoms with Crippen LogP contribution in [-0.2, 0) is 10.3 Å². The Morgan fingerprint density at radius 1 is 1.29 bits per heavy atom. The molecule has 2 N–H and O–H groups in total. The van der Waals surface area contributed by atoms with Crippen molar-refractivity contribution in [2.45, 2.75) is 37.1 Å². The average Bonchev–Trinajstić information content (AvgIpc) is 3.29. The van der Waals surface area contributed by atoms with Crippen molar-refractivity contribution in [3.8, 4) is 0 Å². The maximum absolute atomic E-state index is 12.8. The number of ether oxygens (including phenoxy) is 1. The standard InChI is InChI=1S/C16H18N4O4/c21-13-8-11(7-12(18-13)10-1-2-10)14(22)19-16(3-5-23-6-4-16)15-17-9-24-20-15/h7-10H,1-6H2,(H,18,21)(H,19,22). The number of H-pyrrole nitrogens is 1. The molecule has 0 unspecified atom stereocenters. The number of nitrogens with zero attached hydrogens (tertiary/aromatic N) is 2. The summed E-state index contributed by atoms with van der Waals surface area (Å²) in [6.07, 6.45) is 4.45. The molecule has 2 aliphatic rings. The Kier molecular flexibility index (Phi) is 3.68. The molecule has 2 aromatic heterocycles. The van der Waals surface area contributed by atoms with Gasteiger partial charge in [0.1, 0.15) is 5.54 Å². The maximum atomic E-state index is 12.8. The number of carbonyl (C=O) groups is 1. The van der Waals surface area contributed by atoms with E-state index in [1.807, 2.05) is 0 Å². The lowest BCUT2D eigenvalue weighted by Gasteiger charge is -2.35. The van der Waals surface area contributed by atoms with Gasteiger partial charge in [-0.05, 0) is 24.8 Å². The number of aromatic nitrogens is 3. The quantitative estimate of drug-likeness (QED) is 0.868. The summed E-state index contributed by atoms with van der Waals surface area (Å²) in [6, 6.07) is 3.09. The van der Waals surface area contributed by atoms with Gasteiger partial charge in [0.05, 0.1) is 0 Å². The van der Waals surface area contributed by atoms with Gasteiger partial charge in [0, 0.05) is 43.4 Å². The van der Waals surface area contributed by atoms with Crippen LogP contribution in [0.5, 0.6) is 0 Å². The average molecular weight is 330 g/mol. The Morgan fingerprint density at radius 2 is 2.08 bits per heavy atom. The SMILES string of the molecule is O=C(NC1(c2ncon2)CCOCC1)c1cc(C2CC2)[nH]c(=O)c1. The molecule has 1 saturated heterocycles. The summed E-state index contributed by atoms with van der Waals surface area (Å²) in [5, 5.41) is 6.92. The van der Waals surface area contributed by atoms with Gasteiger partial charge in [0.2, 0.25) is 12.0 Å². The Bertz CT molecular complexity index is 789. The van der Waals surface area contributed by atoms with E-state index in [0.717, 1.165) is 18.5 Å². The van der Waals surface area contributed by atoms with Gasteiger partial charge in [0.15, 0.2) is 5.82 Å². The minimum atomic E-state index is -0.731. The number of hydrogen-bond donors (Lipinski definition) is 2. The third-order valence-corrected chi connectivity index (χ3v) is 4.63. The van der Waals surface area contributed by atoms with E-state index in [4.69, 9.17) is 9.26 Å². The van der Waals surface area contributed by atoms with Gasteiger partial charge in [0.25, 0.3) is 5.91 Å². The summed E-state index contributed by atoms with van der Waals surface area (Å²) < 4.78 is 10.2. The first-order valence-electron chi connectivity index (χ1n) is 8.08. The van der Waals surface area contributed by atoms with Crippen LogP contribution in [0.1, 0.15) is 53.5 Å². The van der Waals surface area contributed by atoms with Gasteiger partial charge < -0.3 is 19.6 Å². The summed E-state index contributed by atoms with van der Waals surface area (Å²) in [7, 11) is 0. The molecule has 1 amide bonds. The zero-order valence-electron chi connectivity index (χ0n) is 13.1. The molecule has 1 saturated carbocycles. The van der Waals surface area contributed by atoms with E-state index in [0.29, 0.717) is 43.4 Å². The molecule has 8 heteroatoms. The molecule has 0 radical (unpaired) electrons. The first-order valence-corrected chi connectivity index (χ1v) is 8.08. The van der Waals surface area contributed by atoms with Crippen LogP contribution >= 0.6 is 0 Å². The van der Waals surface area contributed by atoms with Crippen LogP contribution in [0.4, 0.5) is 0 Å². The van der Waals surface area contributed by atoms with E-state index in [1.54, 1.807) is 6.07 Å². The van der Waals surface area contributed by atoms with Crippen molar-refractivity contribution in [1.82, 2.24) is 20.4 Å². The smallest absolute Gasteiger partial charge is 0.252 e. The Hall–Kier alpha value is -2.48. The van der Waals surface area contributed by atoms with Gasteiger partial charge in [-0.1, -0.05) is 5.16 Å². The number of carbonyl (C=O) groups excluding carboxylic acids is 1. The summed E-state index contributed by atoms with van der Waals surface area (Å²) >= 11 is 0. The summed E-state index contributed by atoms with van der Waals surface area (Å²) in [5.74, 6) is 0.487. The van der Waals surface area contributed by atoms with Gasteiger partial charge >= 0.3 is 0 Å². The topological polar surface area (TPSA) is 110 Å². The highest BCUT2D eigenvalue weighted by molar-refractivity contribution is 5.94. The largest absolute Gasteiger partial charge is 0.381 e.